The first-order valence-electron chi connectivity index (χ1n) is 11.7. The molecule has 1 nitrogen and oxygen atoms in total. The highest BCUT2D eigenvalue weighted by atomic mass is 19.1. The van der Waals surface area contributed by atoms with Crippen molar-refractivity contribution < 1.29 is 4.39 Å². The molecule has 0 saturated heterocycles. The largest absolute Gasteiger partial charge is 0.196 e. The van der Waals surface area contributed by atoms with Crippen molar-refractivity contribution in [1.29, 1.82) is 5.26 Å². The SMILES string of the molecule is CCCCc1ccc(C2CCC(C=CC3CCC(C=C(F)C#N)CC3)CC2)cc1. The van der Waals surface area contributed by atoms with Gasteiger partial charge in [-0.05, 0) is 105 Å². The Labute approximate surface area is 176 Å². The molecule has 0 atom stereocenters. The van der Waals surface area contributed by atoms with Gasteiger partial charge >= 0.3 is 0 Å². The zero-order chi connectivity index (χ0) is 20.5. The average Bonchev–Trinajstić information content (AvgIpc) is 2.78. The summed E-state index contributed by atoms with van der Waals surface area (Å²) in [6, 6.07) is 11.0. The van der Waals surface area contributed by atoms with Crippen LogP contribution in [0.2, 0.25) is 0 Å². The van der Waals surface area contributed by atoms with E-state index in [0.717, 1.165) is 37.5 Å². The van der Waals surface area contributed by atoms with Crippen LogP contribution in [-0.4, -0.2) is 0 Å². The maximum atomic E-state index is 13.1. The summed E-state index contributed by atoms with van der Waals surface area (Å²) in [6.45, 7) is 2.25. The predicted molar refractivity (Wildman–Crippen MR) is 119 cm³/mol. The Kier molecular flexibility index (Phi) is 8.53. The molecular formula is C27H36FN. The van der Waals surface area contributed by atoms with Crippen molar-refractivity contribution in [3.05, 3.63) is 59.4 Å². The fraction of sp³-hybridized carbons (Fsp3) is 0.593. The van der Waals surface area contributed by atoms with Gasteiger partial charge in [0.15, 0.2) is 5.83 Å². The molecule has 2 aliphatic carbocycles. The van der Waals surface area contributed by atoms with E-state index < -0.39 is 5.83 Å². The molecule has 3 rings (SSSR count). The fourth-order valence-corrected chi connectivity index (χ4v) is 5.04. The summed E-state index contributed by atoms with van der Waals surface area (Å²) in [5, 5.41) is 8.58. The van der Waals surface area contributed by atoms with Crippen molar-refractivity contribution in [3.63, 3.8) is 0 Å². The van der Waals surface area contributed by atoms with Crippen LogP contribution in [-0.2, 0) is 6.42 Å². The lowest BCUT2D eigenvalue weighted by Gasteiger charge is -2.28. The Morgan fingerprint density at radius 1 is 0.931 bits per heavy atom. The number of allylic oxidation sites excluding steroid dienone is 4. The Hall–Kier alpha value is -1.88. The van der Waals surface area contributed by atoms with Gasteiger partial charge in [-0.3, -0.25) is 0 Å². The smallest absolute Gasteiger partial charge is 0.195 e. The zero-order valence-electron chi connectivity index (χ0n) is 18.0. The third kappa shape index (κ3) is 6.84. The normalized spacial score (nSPS) is 28.4. The number of unbranched alkanes of at least 4 members (excludes halogenated alkanes) is 1. The Balaban J connectivity index is 1.40. The molecule has 0 unspecified atom stereocenters. The van der Waals surface area contributed by atoms with Gasteiger partial charge in [-0.15, -0.1) is 0 Å². The molecule has 29 heavy (non-hydrogen) atoms. The summed E-state index contributed by atoms with van der Waals surface area (Å²) < 4.78 is 13.1. The van der Waals surface area contributed by atoms with Crippen LogP contribution in [0.5, 0.6) is 0 Å². The van der Waals surface area contributed by atoms with Gasteiger partial charge in [0.1, 0.15) is 6.07 Å². The van der Waals surface area contributed by atoms with E-state index >= 15 is 0 Å². The summed E-state index contributed by atoms with van der Waals surface area (Å²) in [5.74, 6) is 1.73. The van der Waals surface area contributed by atoms with Crippen LogP contribution in [0.4, 0.5) is 4.39 Å². The van der Waals surface area contributed by atoms with E-state index in [2.05, 4.69) is 43.3 Å². The zero-order valence-corrected chi connectivity index (χ0v) is 18.0. The summed E-state index contributed by atoms with van der Waals surface area (Å²) >= 11 is 0. The minimum Gasteiger partial charge on any atom is -0.195 e. The highest BCUT2D eigenvalue weighted by Crippen LogP contribution is 2.37. The molecule has 156 valence electrons. The highest BCUT2D eigenvalue weighted by molar-refractivity contribution is 5.26. The number of hydrogen-bond donors (Lipinski definition) is 0. The van der Waals surface area contributed by atoms with Crippen LogP contribution < -0.4 is 0 Å². The van der Waals surface area contributed by atoms with Crippen molar-refractivity contribution >= 4 is 0 Å². The molecule has 0 aromatic heterocycles. The van der Waals surface area contributed by atoms with E-state index in [-0.39, 0.29) is 5.92 Å². The number of hydrogen-bond acceptors (Lipinski definition) is 1. The Morgan fingerprint density at radius 2 is 1.48 bits per heavy atom. The van der Waals surface area contributed by atoms with Crippen LogP contribution in [0.1, 0.15) is 88.2 Å². The molecule has 2 aliphatic rings. The molecule has 2 heteroatoms. The molecule has 1 aromatic carbocycles. The molecule has 2 saturated carbocycles. The molecule has 0 heterocycles. The minimum absolute atomic E-state index is 0.253. The number of nitrogens with zero attached hydrogens (tertiary/aromatic N) is 1. The summed E-state index contributed by atoms with van der Waals surface area (Å²) in [5.41, 5.74) is 3.01. The fourth-order valence-electron chi connectivity index (χ4n) is 5.04. The van der Waals surface area contributed by atoms with Crippen molar-refractivity contribution in [3.8, 4) is 6.07 Å². The first-order valence-corrected chi connectivity index (χ1v) is 11.7. The van der Waals surface area contributed by atoms with Crippen LogP contribution in [0.15, 0.2) is 48.3 Å². The maximum absolute atomic E-state index is 13.1. The van der Waals surface area contributed by atoms with Gasteiger partial charge in [-0.2, -0.15) is 9.65 Å². The summed E-state index contributed by atoms with van der Waals surface area (Å²) in [6.07, 6.45) is 19.6. The van der Waals surface area contributed by atoms with Crippen molar-refractivity contribution in [2.75, 3.05) is 0 Å². The van der Waals surface area contributed by atoms with Gasteiger partial charge in [0.2, 0.25) is 0 Å². The Morgan fingerprint density at radius 3 is 2.03 bits per heavy atom. The molecular weight excluding hydrogens is 357 g/mol. The number of benzene rings is 1. The third-order valence-corrected chi connectivity index (χ3v) is 7.00. The molecule has 2 fully saturated rings. The van der Waals surface area contributed by atoms with E-state index in [1.165, 1.54) is 62.1 Å². The third-order valence-electron chi connectivity index (χ3n) is 7.00. The van der Waals surface area contributed by atoms with Crippen molar-refractivity contribution in [2.24, 2.45) is 17.8 Å². The number of halogens is 1. The number of rotatable bonds is 7. The number of nitriles is 1. The quantitative estimate of drug-likeness (QED) is 0.339. The van der Waals surface area contributed by atoms with Gasteiger partial charge in [0.05, 0.1) is 0 Å². The second-order valence-electron chi connectivity index (χ2n) is 9.14. The van der Waals surface area contributed by atoms with Gasteiger partial charge in [-0.1, -0.05) is 49.8 Å². The van der Waals surface area contributed by atoms with Crippen molar-refractivity contribution in [1.82, 2.24) is 0 Å². The molecule has 0 aliphatic heterocycles. The van der Waals surface area contributed by atoms with E-state index in [1.54, 1.807) is 6.07 Å². The first kappa shape index (κ1) is 21.8. The molecule has 0 N–H and O–H groups in total. The van der Waals surface area contributed by atoms with E-state index in [9.17, 15) is 4.39 Å². The Bertz CT molecular complexity index is 708. The lowest BCUT2D eigenvalue weighted by atomic mass is 9.77. The topological polar surface area (TPSA) is 23.8 Å². The van der Waals surface area contributed by atoms with Crippen LogP contribution in [0.3, 0.4) is 0 Å². The standard InChI is InChI=1S/C27H36FN/c1-2-3-4-21-11-15-25(16-12-21)26-17-13-23(14-18-26)6-5-22-7-9-24(10-8-22)19-27(28)20-29/h5-6,11-12,15-16,19,22-24,26H,2-4,7-10,13-14,17-18H2,1H3. The van der Waals surface area contributed by atoms with Gasteiger partial charge in [0.25, 0.3) is 0 Å². The van der Waals surface area contributed by atoms with Crippen molar-refractivity contribution in [2.45, 2.75) is 83.5 Å². The molecule has 0 amide bonds. The van der Waals surface area contributed by atoms with Crippen LogP contribution in [0, 0.1) is 29.1 Å². The lowest BCUT2D eigenvalue weighted by Crippen LogP contribution is -2.14. The van der Waals surface area contributed by atoms with Crippen LogP contribution in [0.25, 0.3) is 0 Å². The molecule has 0 bridgehead atoms. The maximum Gasteiger partial charge on any atom is 0.196 e. The summed E-state index contributed by atoms with van der Waals surface area (Å²) in [4.78, 5) is 0. The molecule has 1 aromatic rings. The second-order valence-corrected chi connectivity index (χ2v) is 9.14. The average molecular weight is 394 g/mol. The second kappa shape index (κ2) is 11.3. The van der Waals surface area contributed by atoms with Crippen LogP contribution >= 0.6 is 0 Å². The van der Waals surface area contributed by atoms with E-state index in [0.29, 0.717) is 5.92 Å². The van der Waals surface area contributed by atoms with E-state index in [4.69, 9.17) is 5.26 Å². The van der Waals surface area contributed by atoms with Gasteiger partial charge < -0.3 is 0 Å². The number of aryl methyl sites for hydroxylation is 1. The molecule has 0 spiro atoms. The monoisotopic (exact) mass is 393 g/mol. The summed E-state index contributed by atoms with van der Waals surface area (Å²) in [7, 11) is 0. The first-order chi connectivity index (χ1) is 14.2. The molecule has 0 radical (unpaired) electrons. The van der Waals surface area contributed by atoms with Gasteiger partial charge in [0, 0.05) is 0 Å². The predicted octanol–water partition coefficient (Wildman–Crippen LogP) is 8.04. The van der Waals surface area contributed by atoms with Gasteiger partial charge in [-0.25, -0.2) is 0 Å². The lowest BCUT2D eigenvalue weighted by molar-refractivity contribution is 0.346. The van der Waals surface area contributed by atoms with E-state index in [1.807, 2.05) is 0 Å². The minimum atomic E-state index is -0.614. The highest BCUT2D eigenvalue weighted by Gasteiger charge is 2.22.